The van der Waals surface area contributed by atoms with E-state index in [4.69, 9.17) is 5.11 Å². The molecule has 1 fully saturated rings. The van der Waals surface area contributed by atoms with Crippen molar-refractivity contribution < 1.29 is 9.90 Å². The summed E-state index contributed by atoms with van der Waals surface area (Å²) >= 11 is 0. The molecule has 130 valence electrons. The minimum atomic E-state index is -0.658. The van der Waals surface area contributed by atoms with E-state index in [2.05, 4.69) is 41.5 Å². The molecule has 0 aromatic rings. The molecule has 22 heavy (non-hydrogen) atoms. The van der Waals surface area contributed by atoms with E-state index in [1.165, 1.54) is 38.5 Å². The van der Waals surface area contributed by atoms with Crippen molar-refractivity contribution in [2.45, 2.75) is 92.9 Å². The number of carbonyl (C=O) groups is 1. The third kappa shape index (κ3) is 4.73. The quantitative estimate of drug-likeness (QED) is 0.584. The Morgan fingerprint density at radius 2 is 1.82 bits per heavy atom. The average molecular weight is 311 g/mol. The van der Waals surface area contributed by atoms with Crippen LogP contribution in [0.3, 0.4) is 0 Å². The van der Waals surface area contributed by atoms with Gasteiger partial charge in [-0.05, 0) is 60.7 Å². The fourth-order valence-corrected chi connectivity index (χ4v) is 5.03. The molecule has 0 aromatic carbocycles. The molecule has 1 saturated carbocycles. The van der Waals surface area contributed by atoms with Crippen LogP contribution < -0.4 is 0 Å². The molecule has 4 atom stereocenters. The van der Waals surface area contributed by atoms with E-state index in [0.717, 1.165) is 12.3 Å². The summed E-state index contributed by atoms with van der Waals surface area (Å²) in [5, 5.41) is 8.93. The van der Waals surface area contributed by atoms with E-state index in [-0.39, 0.29) is 0 Å². The molecule has 0 aliphatic heterocycles. The number of carboxylic acids is 1. The van der Waals surface area contributed by atoms with Crippen LogP contribution in [0.1, 0.15) is 92.9 Å². The number of rotatable bonds is 8. The lowest BCUT2D eigenvalue weighted by molar-refractivity contribution is -0.138. The van der Waals surface area contributed by atoms with Gasteiger partial charge in [0.25, 0.3) is 0 Å². The van der Waals surface area contributed by atoms with Crippen LogP contribution >= 0.6 is 0 Å². The minimum Gasteiger partial charge on any atom is -0.481 e. The van der Waals surface area contributed by atoms with Crippen molar-refractivity contribution in [3.8, 4) is 0 Å². The number of aliphatic carboxylic acids is 1. The van der Waals surface area contributed by atoms with Crippen molar-refractivity contribution in [1.82, 2.24) is 0 Å². The Morgan fingerprint density at radius 3 is 2.36 bits per heavy atom. The van der Waals surface area contributed by atoms with Crippen LogP contribution in [0.2, 0.25) is 0 Å². The summed E-state index contributed by atoms with van der Waals surface area (Å²) in [4.78, 5) is 10.8. The van der Waals surface area contributed by atoms with Gasteiger partial charge < -0.3 is 5.11 Å². The molecule has 1 N–H and O–H groups in total. The summed E-state index contributed by atoms with van der Waals surface area (Å²) in [6.07, 6.45) is 9.17. The molecular weight excluding hydrogens is 272 g/mol. The first kappa shape index (κ1) is 19.5. The van der Waals surface area contributed by atoms with Crippen LogP contribution in [0.15, 0.2) is 0 Å². The van der Waals surface area contributed by atoms with Crippen molar-refractivity contribution in [3.05, 3.63) is 0 Å². The van der Waals surface area contributed by atoms with E-state index in [0.29, 0.717) is 29.1 Å². The summed E-state index contributed by atoms with van der Waals surface area (Å²) in [7, 11) is 0. The van der Waals surface area contributed by atoms with Gasteiger partial charge in [0, 0.05) is 6.42 Å². The van der Waals surface area contributed by atoms with Crippen LogP contribution in [-0.4, -0.2) is 11.1 Å². The smallest absolute Gasteiger partial charge is 0.303 e. The van der Waals surface area contributed by atoms with Gasteiger partial charge in [-0.3, -0.25) is 4.79 Å². The Labute approximate surface area is 138 Å². The zero-order valence-corrected chi connectivity index (χ0v) is 15.7. The SMILES string of the molecule is CCC[C@H]1C(C)(C)CCC[C@]1(C)[C@@H](C)CCC(C)CC(=O)O. The summed E-state index contributed by atoms with van der Waals surface area (Å²) in [6, 6.07) is 0. The van der Waals surface area contributed by atoms with Crippen LogP contribution in [-0.2, 0) is 4.79 Å². The van der Waals surface area contributed by atoms with Gasteiger partial charge >= 0.3 is 5.97 Å². The molecule has 0 spiro atoms. The maximum atomic E-state index is 10.8. The first-order chi connectivity index (χ1) is 10.1. The Hall–Kier alpha value is -0.530. The molecule has 0 aromatic heterocycles. The summed E-state index contributed by atoms with van der Waals surface area (Å²) in [5.74, 6) is 1.11. The van der Waals surface area contributed by atoms with Crippen molar-refractivity contribution >= 4 is 5.97 Å². The predicted molar refractivity (Wildman–Crippen MR) is 94.0 cm³/mol. The van der Waals surface area contributed by atoms with Crippen LogP contribution in [0.5, 0.6) is 0 Å². The van der Waals surface area contributed by atoms with E-state index in [1.54, 1.807) is 0 Å². The normalized spacial score (nSPS) is 30.7. The van der Waals surface area contributed by atoms with Gasteiger partial charge in [-0.2, -0.15) is 0 Å². The van der Waals surface area contributed by atoms with Gasteiger partial charge in [0.05, 0.1) is 0 Å². The van der Waals surface area contributed by atoms with Crippen molar-refractivity contribution in [3.63, 3.8) is 0 Å². The van der Waals surface area contributed by atoms with Crippen LogP contribution in [0, 0.1) is 28.6 Å². The minimum absolute atomic E-state index is 0.296. The Balaban J connectivity index is 2.74. The van der Waals surface area contributed by atoms with E-state index < -0.39 is 5.97 Å². The molecule has 1 aliphatic carbocycles. The van der Waals surface area contributed by atoms with Gasteiger partial charge in [0.2, 0.25) is 0 Å². The largest absolute Gasteiger partial charge is 0.481 e. The van der Waals surface area contributed by atoms with Gasteiger partial charge in [-0.15, -0.1) is 0 Å². The highest BCUT2D eigenvalue weighted by atomic mass is 16.4. The fraction of sp³-hybridized carbons (Fsp3) is 0.950. The Kier molecular flexibility index (Phi) is 6.95. The van der Waals surface area contributed by atoms with E-state index >= 15 is 0 Å². The third-order valence-corrected chi connectivity index (χ3v) is 6.59. The molecule has 1 rings (SSSR count). The first-order valence-corrected chi connectivity index (χ1v) is 9.35. The molecular formula is C20H38O2. The number of hydrogen-bond donors (Lipinski definition) is 1. The van der Waals surface area contributed by atoms with Crippen LogP contribution in [0.25, 0.3) is 0 Å². The fourth-order valence-electron chi connectivity index (χ4n) is 5.03. The van der Waals surface area contributed by atoms with E-state index in [1.807, 2.05) is 0 Å². The second-order valence-corrected chi connectivity index (χ2v) is 8.87. The number of hydrogen-bond acceptors (Lipinski definition) is 1. The highest BCUT2D eigenvalue weighted by Gasteiger charge is 2.48. The summed E-state index contributed by atoms with van der Waals surface area (Å²) < 4.78 is 0. The Bertz CT molecular complexity index is 361. The zero-order valence-electron chi connectivity index (χ0n) is 15.7. The van der Waals surface area contributed by atoms with E-state index in [9.17, 15) is 4.79 Å². The van der Waals surface area contributed by atoms with Crippen molar-refractivity contribution in [2.75, 3.05) is 0 Å². The Morgan fingerprint density at radius 1 is 1.18 bits per heavy atom. The lowest BCUT2D eigenvalue weighted by Gasteiger charge is -2.54. The maximum absolute atomic E-state index is 10.8. The second-order valence-electron chi connectivity index (χ2n) is 8.87. The molecule has 0 radical (unpaired) electrons. The molecule has 0 heterocycles. The lowest BCUT2D eigenvalue weighted by atomic mass is 9.51. The van der Waals surface area contributed by atoms with Crippen molar-refractivity contribution in [1.29, 1.82) is 0 Å². The van der Waals surface area contributed by atoms with Gasteiger partial charge in [0.1, 0.15) is 0 Å². The lowest BCUT2D eigenvalue weighted by Crippen LogP contribution is -2.45. The molecule has 2 nitrogen and oxygen atoms in total. The summed E-state index contributed by atoms with van der Waals surface area (Å²) in [6.45, 7) is 14.2. The highest BCUT2D eigenvalue weighted by Crippen LogP contribution is 2.57. The second kappa shape index (κ2) is 7.84. The molecule has 0 saturated heterocycles. The summed E-state index contributed by atoms with van der Waals surface area (Å²) in [5.41, 5.74) is 0.866. The van der Waals surface area contributed by atoms with Crippen molar-refractivity contribution in [2.24, 2.45) is 28.6 Å². The molecule has 0 bridgehead atoms. The molecule has 2 heteroatoms. The van der Waals surface area contributed by atoms with Gasteiger partial charge in [-0.1, -0.05) is 54.4 Å². The van der Waals surface area contributed by atoms with Gasteiger partial charge in [-0.25, -0.2) is 0 Å². The van der Waals surface area contributed by atoms with Crippen LogP contribution in [0.4, 0.5) is 0 Å². The first-order valence-electron chi connectivity index (χ1n) is 9.35. The topological polar surface area (TPSA) is 37.3 Å². The molecule has 1 aliphatic rings. The van der Waals surface area contributed by atoms with Gasteiger partial charge in [0.15, 0.2) is 0 Å². The maximum Gasteiger partial charge on any atom is 0.303 e. The molecule has 1 unspecified atom stereocenters. The average Bonchev–Trinajstić information content (AvgIpc) is 2.39. The molecule has 0 amide bonds. The number of carboxylic acid groups (broad SMARTS) is 1. The standard InChI is InChI=1S/C20H38O2/c1-7-9-17-19(4,5)12-8-13-20(17,6)16(3)11-10-15(2)14-18(21)22/h15-17H,7-14H2,1-6H3,(H,21,22)/t15?,16-,17-,20+/m0/s1. The third-order valence-electron chi connectivity index (χ3n) is 6.59. The zero-order chi connectivity index (χ0) is 17.0. The predicted octanol–water partition coefficient (Wildman–Crippen LogP) is 6.15. The highest BCUT2D eigenvalue weighted by molar-refractivity contribution is 5.66. The monoisotopic (exact) mass is 310 g/mol.